The maximum absolute atomic E-state index is 11.4. The van der Waals surface area contributed by atoms with Gasteiger partial charge in [0.25, 0.3) is 5.91 Å². The van der Waals surface area contributed by atoms with E-state index < -0.39 is 17.5 Å². The summed E-state index contributed by atoms with van der Waals surface area (Å²) in [6.45, 7) is 1.72. The van der Waals surface area contributed by atoms with E-state index in [1.807, 2.05) is 0 Å². The van der Waals surface area contributed by atoms with Crippen LogP contribution < -0.4 is 10.6 Å². The van der Waals surface area contributed by atoms with Gasteiger partial charge in [0.1, 0.15) is 5.54 Å². The van der Waals surface area contributed by atoms with Crippen molar-refractivity contribution in [3.05, 3.63) is 0 Å². The summed E-state index contributed by atoms with van der Waals surface area (Å²) >= 11 is 0. The molecule has 0 radical (unpaired) electrons. The average Bonchev–Trinajstić information content (AvgIpc) is 2.43. The molecule has 3 N–H and O–H groups in total. The van der Waals surface area contributed by atoms with Crippen LogP contribution >= 0.6 is 0 Å². The van der Waals surface area contributed by atoms with E-state index in [2.05, 4.69) is 17.6 Å². The number of imide groups is 1. The quantitative estimate of drug-likeness (QED) is 0.436. The van der Waals surface area contributed by atoms with Gasteiger partial charge in [-0.15, -0.1) is 0 Å². The molecule has 0 aromatic rings. The third kappa shape index (κ3) is 2.04. The third-order valence-corrected chi connectivity index (χ3v) is 2.49. The molecule has 0 aromatic heterocycles. The first-order valence-electron chi connectivity index (χ1n) is 4.89. The molecular weight excluding hydrogens is 184 g/mol. The Bertz CT molecular complexity index is 242. The molecule has 0 aliphatic carbocycles. The Balaban J connectivity index is 2.57. The molecule has 0 bridgehead atoms. The number of rotatable bonds is 5. The van der Waals surface area contributed by atoms with Gasteiger partial charge < -0.3 is 10.4 Å². The van der Waals surface area contributed by atoms with Gasteiger partial charge in [0.15, 0.2) is 0 Å². The van der Waals surface area contributed by atoms with Crippen LogP contribution in [0.5, 0.6) is 0 Å². The molecule has 1 heterocycles. The first-order valence-corrected chi connectivity index (χ1v) is 4.89. The fraction of sp³-hybridized carbons (Fsp3) is 0.778. The molecule has 1 aliphatic rings. The van der Waals surface area contributed by atoms with Gasteiger partial charge in [0.05, 0.1) is 6.61 Å². The molecule has 1 aliphatic heterocycles. The fourth-order valence-electron chi connectivity index (χ4n) is 1.57. The van der Waals surface area contributed by atoms with Crippen LogP contribution in [-0.4, -0.2) is 29.2 Å². The van der Waals surface area contributed by atoms with Crippen LogP contribution in [0, 0.1) is 0 Å². The van der Waals surface area contributed by atoms with Gasteiger partial charge in [-0.1, -0.05) is 26.2 Å². The first-order chi connectivity index (χ1) is 6.64. The van der Waals surface area contributed by atoms with Crippen molar-refractivity contribution in [1.82, 2.24) is 10.6 Å². The van der Waals surface area contributed by atoms with Gasteiger partial charge in [-0.2, -0.15) is 0 Å². The van der Waals surface area contributed by atoms with Crippen molar-refractivity contribution in [1.29, 1.82) is 0 Å². The Morgan fingerprint density at radius 1 is 1.36 bits per heavy atom. The van der Waals surface area contributed by atoms with Gasteiger partial charge in [-0.25, -0.2) is 4.79 Å². The summed E-state index contributed by atoms with van der Waals surface area (Å²) in [6, 6.07) is -0.513. The Morgan fingerprint density at radius 2 is 2.07 bits per heavy atom. The zero-order valence-corrected chi connectivity index (χ0v) is 8.30. The molecule has 0 spiro atoms. The van der Waals surface area contributed by atoms with Gasteiger partial charge >= 0.3 is 6.03 Å². The molecule has 0 unspecified atom stereocenters. The number of hydrogen-bond donors (Lipinski definition) is 3. The van der Waals surface area contributed by atoms with Gasteiger partial charge in [-0.3, -0.25) is 10.1 Å². The minimum Gasteiger partial charge on any atom is -0.393 e. The summed E-state index contributed by atoms with van der Waals surface area (Å²) in [7, 11) is 0. The lowest BCUT2D eigenvalue weighted by molar-refractivity contribution is -0.125. The first kappa shape index (κ1) is 11.0. The Labute approximate surface area is 82.9 Å². The Morgan fingerprint density at radius 3 is 2.50 bits per heavy atom. The summed E-state index contributed by atoms with van der Waals surface area (Å²) in [6.07, 6.45) is 3.35. The molecular formula is C9H16N2O3. The zero-order chi connectivity index (χ0) is 10.6. The average molecular weight is 200 g/mol. The summed E-state index contributed by atoms with van der Waals surface area (Å²) < 4.78 is 0. The highest BCUT2D eigenvalue weighted by Crippen LogP contribution is 2.18. The van der Waals surface area contributed by atoms with Crippen LogP contribution in [0.1, 0.15) is 32.6 Å². The zero-order valence-electron chi connectivity index (χ0n) is 8.30. The SMILES string of the molecule is CCCCC[C@@]1(CO)NC(=O)NC1=O. The molecule has 5 heteroatoms. The van der Waals surface area contributed by atoms with Crippen molar-refractivity contribution in [2.45, 2.75) is 38.1 Å². The lowest BCUT2D eigenvalue weighted by atomic mass is 9.93. The molecule has 1 saturated heterocycles. The number of hydrogen-bond acceptors (Lipinski definition) is 3. The molecule has 1 fully saturated rings. The second kappa shape index (κ2) is 4.41. The van der Waals surface area contributed by atoms with E-state index in [-0.39, 0.29) is 6.61 Å². The second-order valence-electron chi connectivity index (χ2n) is 3.61. The van der Waals surface area contributed by atoms with Crippen LogP contribution in [0.3, 0.4) is 0 Å². The number of urea groups is 1. The number of unbranched alkanes of at least 4 members (excludes halogenated alkanes) is 2. The monoisotopic (exact) mass is 200 g/mol. The molecule has 5 nitrogen and oxygen atoms in total. The van der Waals surface area contributed by atoms with E-state index in [9.17, 15) is 9.59 Å². The van der Waals surface area contributed by atoms with Crippen LogP contribution in [-0.2, 0) is 4.79 Å². The van der Waals surface area contributed by atoms with E-state index in [0.29, 0.717) is 6.42 Å². The minimum absolute atomic E-state index is 0.339. The van der Waals surface area contributed by atoms with Crippen LogP contribution in [0.25, 0.3) is 0 Å². The number of aliphatic hydroxyl groups is 1. The number of carbonyl (C=O) groups is 2. The van der Waals surface area contributed by atoms with Crippen molar-refractivity contribution in [2.75, 3.05) is 6.61 Å². The second-order valence-corrected chi connectivity index (χ2v) is 3.61. The summed E-state index contributed by atoms with van der Waals surface area (Å²) in [5, 5.41) is 13.7. The number of aliphatic hydroxyl groups excluding tert-OH is 1. The van der Waals surface area contributed by atoms with Crippen molar-refractivity contribution in [2.24, 2.45) is 0 Å². The van der Waals surface area contributed by atoms with E-state index in [0.717, 1.165) is 19.3 Å². The number of amides is 3. The van der Waals surface area contributed by atoms with Crippen molar-refractivity contribution in [3.8, 4) is 0 Å². The van der Waals surface area contributed by atoms with E-state index in [4.69, 9.17) is 5.11 Å². The fourth-order valence-corrected chi connectivity index (χ4v) is 1.57. The lowest BCUT2D eigenvalue weighted by Crippen LogP contribution is -2.50. The maximum Gasteiger partial charge on any atom is 0.322 e. The smallest absolute Gasteiger partial charge is 0.322 e. The molecule has 0 saturated carbocycles. The van der Waals surface area contributed by atoms with E-state index in [1.54, 1.807) is 0 Å². The third-order valence-electron chi connectivity index (χ3n) is 2.49. The maximum atomic E-state index is 11.4. The van der Waals surface area contributed by atoms with Crippen molar-refractivity contribution >= 4 is 11.9 Å². The van der Waals surface area contributed by atoms with Crippen molar-refractivity contribution < 1.29 is 14.7 Å². The Kier molecular flexibility index (Phi) is 3.46. The van der Waals surface area contributed by atoms with Crippen LogP contribution in [0.15, 0.2) is 0 Å². The van der Waals surface area contributed by atoms with Crippen LogP contribution in [0.2, 0.25) is 0 Å². The molecule has 14 heavy (non-hydrogen) atoms. The lowest BCUT2D eigenvalue weighted by Gasteiger charge is -2.22. The van der Waals surface area contributed by atoms with Gasteiger partial charge in [0, 0.05) is 0 Å². The largest absolute Gasteiger partial charge is 0.393 e. The van der Waals surface area contributed by atoms with E-state index >= 15 is 0 Å². The molecule has 1 rings (SSSR count). The highest BCUT2D eigenvalue weighted by atomic mass is 16.3. The van der Waals surface area contributed by atoms with E-state index in [1.165, 1.54) is 0 Å². The predicted molar refractivity (Wildman–Crippen MR) is 50.6 cm³/mol. The number of nitrogens with one attached hydrogen (secondary N) is 2. The van der Waals surface area contributed by atoms with Crippen molar-refractivity contribution in [3.63, 3.8) is 0 Å². The standard InChI is InChI=1S/C9H16N2O3/c1-2-3-4-5-9(6-12)7(13)10-8(14)11-9/h12H,2-6H2,1H3,(H2,10,11,13,14)/t9-/m0/s1. The highest BCUT2D eigenvalue weighted by molar-refractivity contribution is 6.07. The highest BCUT2D eigenvalue weighted by Gasteiger charge is 2.44. The summed E-state index contributed by atoms with van der Waals surface area (Å²) in [4.78, 5) is 22.3. The molecule has 3 amide bonds. The summed E-state index contributed by atoms with van der Waals surface area (Å²) in [5.41, 5.74) is -1.08. The predicted octanol–water partition coefficient (Wildman–Crippen LogP) is 0.137. The molecule has 1 atom stereocenters. The molecule has 0 aromatic carbocycles. The van der Waals surface area contributed by atoms with Gasteiger partial charge in [-0.05, 0) is 6.42 Å². The Hall–Kier alpha value is -1.10. The topological polar surface area (TPSA) is 78.4 Å². The van der Waals surface area contributed by atoms with Gasteiger partial charge in [0.2, 0.25) is 0 Å². The summed E-state index contributed by atoms with van der Waals surface area (Å²) in [5.74, 6) is -0.416. The number of carbonyl (C=O) groups excluding carboxylic acids is 2. The normalized spacial score (nSPS) is 26.1. The minimum atomic E-state index is -1.08. The van der Waals surface area contributed by atoms with Crippen LogP contribution in [0.4, 0.5) is 4.79 Å². The molecule has 80 valence electrons.